The number of rotatable bonds is 5. The van der Waals surface area contributed by atoms with Crippen LogP contribution < -0.4 is 5.56 Å². The molecule has 4 nitrogen and oxygen atoms in total. The van der Waals surface area contributed by atoms with E-state index in [0.717, 1.165) is 29.7 Å². The molecule has 0 aliphatic rings. The number of H-pyrrole nitrogens is 1. The van der Waals surface area contributed by atoms with Crippen molar-refractivity contribution >= 4 is 22.6 Å². The van der Waals surface area contributed by atoms with Crippen molar-refractivity contribution in [1.29, 1.82) is 0 Å². The van der Waals surface area contributed by atoms with Crippen LogP contribution in [-0.2, 0) is 17.8 Å². The summed E-state index contributed by atoms with van der Waals surface area (Å²) in [7, 11) is 1.66. The number of aryl methyl sites for hydroxylation is 1. The van der Waals surface area contributed by atoms with Crippen molar-refractivity contribution in [3.8, 4) is 11.4 Å². The SMILES string of the molecule is CCCc1nc(-c2ccccc2COC)[nH]c(=O)c1I. The topological polar surface area (TPSA) is 55.0 Å². The van der Waals surface area contributed by atoms with Gasteiger partial charge in [-0.15, -0.1) is 0 Å². The Hall–Kier alpha value is -1.21. The molecule has 0 saturated heterocycles. The van der Waals surface area contributed by atoms with Gasteiger partial charge in [-0.05, 0) is 34.6 Å². The molecule has 2 rings (SSSR count). The monoisotopic (exact) mass is 384 g/mol. The number of methoxy groups -OCH3 is 1. The first-order valence-electron chi connectivity index (χ1n) is 6.53. The van der Waals surface area contributed by atoms with Crippen molar-refractivity contribution < 1.29 is 4.74 Å². The second-order valence-corrected chi connectivity index (χ2v) is 5.59. The molecule has 0 spiro atoms. The lowest BCUT2D eigenvalue weighted by molar-refractivity contribution is 0.185. The van der Waals surface area contributed by atoms with Crippen LogP contribution in [0.25, 0.3) is 11.4 Å². The number of nitrogens with one attached hydrogen (secondary N) is 1. The molecule has 0 fully saturated rings. The maximum absolute atomic E-state index is 12.0. The number of aromatic nitrogens is 2. The van der Waals surface area contributed by atoms with Gasteiger partial charge in [0, 0.05) is 12.7 Å². The molecule has 20 heavy (non-hydrogen) atoms. The van der Waals surface area contributed by atoms with Crippen LogP contribution >= 0.6 is 22.6 Å². The first-order valence-corrected chi connectivity index (χ1v) is 7.61. The highest BCUT2D eigenvalue weighted by Gasteiger charge is 2.12. The molecule has 1 aromatic heterocycles. The zero-order chi connectivity index (χ0) is 14.5. The van der Waals surface area contributed by atoms with Crippen LogP contribution in [0.5, 0.6) is 0 Å². The summed E-state index contributed by atoms with van der Waals surface area (Å²) >= 11 is 2.06. The third-order valence-electron chi connectivity index (χ3n) is 2.99. The van der Waals surface area contributed by atoms with Crippen molar-refractivity contribution in [2.75, 3.05) is 7.11 Å². The van der Waals surface area contributed by atoms with Crippen molar-refractivity contribution in [3.05, 3.63) is 49.4 Å². The Morgan fingerprint density at radius 2 is 2.10 bits per heavy atom. The summed E-state index contributed by atoms with van der Waals surface area (Å²) in [6.45, 7) is 2.58. The van der Waals surface area contributed by atoms with Gasteiger partial charge in [-0.25, -0.2) is 4.98 Å². The average Bonchev–Trinajstić information content (AvgIpc) is 2.45. The Morgan fingerprint density at radius 3 is 2.80 bits per heavy atom. The van der Waals surface area contributed by atoms with Gasteiger partial charge in [-0.1, -0.05) is 37.6 Å². The van der Waals surface area contributed by atoms with E-state index in [9.17, 15) is 4.79 Å². The minimum Gasteiger partial charge on any atom is -0.380 e. The summed E-state index contributed by atoms with van der Waals surface area (Å²) in [6.07, 6.45) is 1.77. The zero-order valence-electron chi connectivity index (χ0n) is 11.6. The Kier molecular flexibility index (Phi) is 5.31. The molecular weight excluding hydrogens is 367 g/mol. The molecule has 0 aliphatic heterocycles. The quantitative estimate of drug-likeness (QED) is 0.806. The van der Waals surface area contributed by atoms with E-state index in [0.29, 0.717) is 16.0 Å². The number of nitrogens with zero attached hydrogens (tertiary/aromatic N) is 1. The molecule has 0 saturated carbocycles. The predicted octanol–water partition coefficient (Wildman–Crippen LogP) is 3.14. The van der Waals surface area contributed by atoms with E-state index in [1.807, 2.05) is 24.3 Å². The molecule has 0 aliphatic carbocycles. The van der Waals surface area contributed by atoms with E-state index in [1.54, 1.807) is 7.11 Å². The fraction of sp³-hybridized carbons (Fsp3) is 0.333. The number of hydrogen-bond donors (Lipinski definition) is 1. The summed E-state index contributed by atoms with van der Waals surface area (Å²) in [4.78, 5) is 19.5. The number of benzene rings is 1. The summed E-state index contributed by atoms with van der Waals surface area (Å²) in [6, 6.07) is 7.83. The molecule has 1 aromatic carbocycles. The minimum absolute atomic E-state index is 0.0775. The molecule has 0 unspecified atom stereocenters. The van der Waals surface area contributed by atoms with Gasteiger partial charge >= 0.3 is 0 Å². The van der Waals surface area contributed by atoms with Gasteiger partial charge in [-0.2, -0.15) is 0 Å². The van der Waals surface area contributed by atoms with E-state index in [-0.39, 0.29) is 5.56 Å². The summed E-state index contributed by atoms with van der Waals surface area (Å²) in [5, 5.41) is 0. The first kappa shape index (κ1) is 15.2. The Balaban J connectivity index is 2.55. The number of hydrogen-bond acceptors (Lipinski definition) is 3. The van der Waals surface area contributed by atoms with Crippen LogP contribution in [0.3, 0.4) is 0 Å². The highest BCUT2D eigenvalue weighted by atomic mass is 127. The molecule has 5 heteroatoms. The summed E-state index contributed by atoms with van der Waals surface area (Å²) in [5.41, 5.74) is 2.72. The molecular formula is C15H17IN2O2. The molecule has 0 radical (unpaired) electrons. The zero-order valence-corrected chi connectivity index (χ0v) is 13.7. The predicted molar refractivity (Wildman–Crippen MR) is 87.7 cm³/mol. The molecule has 0 atom stereocenters. The summed E-state index contributed by atoms with van der Waals surface area (Å²) in [5.74, 6) is 0.617. The van der Waals surface area contributed by atoms with E-state index in [2.05, 4.69) is 39.5 Å². The fourth-order valence-corrected chi connectivity index (χ4v) is 2.59. The third kappa shape index (κ3) is 3.27. The molecule has 1 heterocycles. The van der Waals surface area contributed by atoms with E-state index >= 15 is 0 Å². The smallest absolute Gasteiger partial charge is 0.264 e. The second kappa shape index (κ2) is 6.99. The van der Waals surface area contributed by atoms with E-state index in [1.165, 1.54) is 0 Å². The maximum Gasteiger partial charge on any atom is 0.264 e. The summed E-state index contributed by atoms with van der Waals surface area (Å²) < 4.78 is 5.88. The second-order valence-electron chi connectivity index (χ2n) is 4.52. The van der Waals surface area contributed by atoms with Gasteiger partial charge in [0.05, 0.1) is 15.9 Å². The van der Waals surface area contributed by atoms with Crippen molar-refractivity contribution in [2.45, 2.75) is 26.4 Å². The normalized spacial score (nSPS) is 10.8. The van der Waals surface area contributed by atoms with Gasteiger partial charge in [0.2, 0.25) is 0 Å². The van der Waals surface area contributed by atoms with Gasteiger partial charge in [0.25, 0.3) is 5.56 Å². The van der Waals surface area contributed by atoms with Crippen LogP contribution in [0, 0.1) is 3.57 Å². The minimum atomic E-state index is -0.0775. The third-order valence-corrected chi connectivity index (χ3v) is 4.10. The van der Waals surface area contributed by atoms with Gasteiger partial charge in [0.15, 0.2) is 0 Å². The molecule has 1 N–H and O–H groups in total. The average molecular weight is 384 g/mol. The van der Waals surface area contributed by atoms with Crippen LogP contribution in [0.15, 0.2) is 29.1 Å². The van der Waals surface area contributed by atoms with Crippen molar-refractivity contribution in [3.63, 3.8) is 0 Å². The molecule has 2 aromatic rings. The lowest BCUT2D eigenvalue weighted by atomic mass is 10.1. The van der Waals surface area contributed by atoms with Gasteiger partial charge in [-0.3, -0.25) is 4.79 Å². The van der Waals surface area contributed by atoms with Crippen LogP contribution in [-0.4, -0.2) is 17.1 Å². The standard InChI is InChI=1S/C15H17IN2O2/c1-3-6-12-13(16)15(19)18-14(17-12)11-8-5-4-7-10(11)9-20-2/h4-5,7-8H,3,6,9H2,1-2H3,(H,17,18,19). The van der Waals surface area contributed by atoms with Gasteiger partial charge in [0.1, 0.15) is 5.82 Å². The lowest BCUT2D eigenvalue weighted by Crippen LogP contribution is -2.16. The van der Waals surface area contributed by atoms with Crippen LogP contribution in [0.4, 0.5) is 0 Å². The lowest BCUT2D eigenvalue weighted by Gasteiger charge is -2.10. The van der Waals surface area contributed by atoms with Crippen molar-refractivity contribution in [2.24, 2.45) is 0 Å². The maximum atomic E-state index is 12.0. The Bertz CT molecular complexity index is 653. The first-order chi connectivity index (χ1) is 9.67. The fourth-order valence-electron chi connectivity index (χ4n) is 2.07. The molecule has 0 amide bonds. The number of ether oxygens (including phenoxy) is 1. The van der Waals surface area contributed by atoms with Crippen LogP contribution in [0.1, 0.15) is 24.6 Å². The van der Waals surface area contributed by atoms with E-state index in [4.69, 9.17) is 4.74 Å². The Labute approximate surface area is 131 Å². The van der Waals surface area contributed by atoms with Crippen molar-refractivity contribution in [1.82, 2.24) is 9.97 Å². The Morgan fingerprint density at radius 1 is 1.35 bits per heavy atom. The highest BCUT2D eigenvalue weighted by Crippen LogP contribution is 2.21. The largest absolute Gasteiger partial charge is 0.380 e. The number of aromatic amines is 1. The van der Waals surface area contributed by atoms with Crippen LogP contribution in [0.2, 0.25) is 0 Å². The number of halogens is 1. The molecule has 106 valence electrons. The molecule has 0 bridgehead atoms. The van der Waals surface area contributed by atoms with E-state index < -0.39 is 0 Å². The highest BCUT2D eigenvalue weighted by molar-refractivity contribution is 14.1. The van der Waals surface area contributed by atoms with Gasteiger partial charge < -0.3 is 9.72 Å².